The van der Waals surface area contributed by atoms with E-state index in [1.807, 2.05) is 4.68 Å². The van der Waals surface area contributed by atoms with Gasteiger partial charge in [0, 0.05) is 30.8 Å². The molecule has 1 aliphatic rings. The van der Waals surface area contributed by atoms with Crippen LogP contribution >= 0.6 is 0 Å². The zero-order valence-corrected chi connectivity index (χ0v) is 22.1. The van der Waals surface area contributed by atoms with Gasteiger partial charge in [0.2, 0.25) is 5.82 Å². The molecular formula is C28H36N6. The lowest BCUT2D eigenvalue weighted by atomic mass is 9.87. The maximum Gasteiger partial charge on any atom is 0.205 e. The Morgan fingerprint density at radius 3 is 2.09 bits per heavy atom. The van der Waals surface area contributed by atoms with Crippen molar-refractivity contribution in [1.82, 2.24) is 14.9 Å². The molecule has 6 nitrogen and oxygen atoms in total. The number of anilines is 1. The van der Waals surface area contributed by atoms with E-state index >= 15 is 0 Å². The first-order chi connectivity index (χ1) is 15.9. The monoisotopic (exact) mass is 456 g/mol. The highest BCUT2D eigenvalue weighted by Gasteiger charge is 2.36. The van der Waals surface area contributed by atoms with E-state index in [-0.39, 0.29) is 5.41 Å². The molecule has 2 heterocycles. The fourth-order valence-electron chi connectivity index (χ4n) is 4.58. The zero-order valence-electron chi connectivity index (χ0n) is 22.1. The van der Waals surface area contributed by atoms with E-state index in [1.54, 1.807) is 0 Å². The molecule has 34 heavy (non-hydrogen) atoms. The Kier molecular flexibility index (Phi) is 5.96. The Bertz CT molecular complexity index is 1290. The minimum Gasteiger partial charge on any atom is -0.378 e. The van der Waals surface area contributed by atoms with Crippen LogP contribution in [0.2, 0.25) is 0 Å². The largest absolute Gasteiger partial charge is 0.378 e. The van der Waals surface area contributed by atoms with Gasteiger partial charge >= 0.3 is 0 Å². The average Bonchev–Trinajstić information content (AvgIpc) is 3.28. The Hall–Kier alpha value is -3.28. The van der Waals surface area contributed by atoms with Crippen molar-refractivity contribution in [1.29, 1.82) is 0 Å². The van der Waals surface area contributed by atoms with Crippen molar-refractivity contribution in [3.05, 3.63) is 58.4 Å². The number of rotatable bonds is 4. The van der Waals surface area contributed by atoms with Gasteiger partial charge in [0.15, 0.2) is 5.82 Å². The molecule has 0 bridgehead atoms. The van der Waals surface area contributed by atoms with Crippen LogP contribution in [0.15, 0.2) is 40.4 Å². The molecule has 2 aromatic carbocycles. The van der Waals surface area contributed by atoms with Gasteiger partial charge < -0.3 is 4.90 Å². The second-order valence-electron chi connectivity index (χ2n) is 10.9. The molecule has 178 valence electrons. The predicted octanol–water partition coefficient (Wildman–Crippen LogP) is 6.44. The summed E-state index contributed by atoms with van der Waals surface area (Å²) in [5.74, 6) is 1.80. The van der Waals surface area contributed by atoms with Gasteiger partial charge in [-0.3, -0.25) is 0 Å². The third-order valence-electron chi connectivity index (χ3n) is 6.27. The molecule has 0 amide bonds. The molecule has 0 fully saturated rings. The van der Waals surface area contributed by atoms with Crippen LogP contribution in [0, 0.1) is 26.2 Å². The first kappa shape index (κ1) is 23.9. The highest BCUT2D eigenvalue weighted by Crippen LogP contribution is 2.35. The van der Waals surface area contributed by atoms with Crippen LogP contribution in [0.1, 0.15) is 68.6 Å². The average molecular weight is 457 g/mol. The van der Waals surface area contributed by atoms with E-state index in [0.717, 1.165) is 28.5 Å². The van der Waals surface area contributed by atoms with E-state index in [1.165, 1.54) is 27.9 Å². The van der Waals surface area contributed by atoms with E-state index in [4.69, 9.17) is 10.1 Å². The molecule has 0 saturated carbocycles. The lowest BCUT2D eigenvalue weighted by molar-refractivity contribution is 0.594. The van der Waals surface area contributed by atoms with Crippen LogP contribution in [0.25, 0.3) is 11.4 Å². The second-order valence-corrected chi connectivity index (χ2v) is 10.9. The van der Waals surface area contributed by atoms with Gasteiger partial charge in [0.25, 0.3) is 0 Å². The van der Waals surface area contributed by atoms with Crippen LogP contribution in [0.4, 0.5) is 11.4 Å². The van der Waals surface area contributed by atoms with E-state index in [2.05, 4.69) is 115 Å². The number of hydrogen-bond acceptors (Lipinski definition) is 5. The number of hydrogen-bond donors (Lipinski definition) is 0. The molecule has 0 atom stereocenters. The summed E-state index contributed by atoms with van der Waals surface area (Å²) in [5.41, 5.74) is 9.52. The number of aliphatic imine (C=N–C) groups is 1. The second kappa shape index (κ2) is 8.49. The Morgan fingerprint density at radius 1 is 0.912 bits per heavy atom. The summed E-state index contributed by atoms with van der Waals surface area (Å²) in [6.07, 6.45) is 0. The maximum absolute atomic E-state index is 5.18. The first-order valence-electron chi connectivity index (χ1n) is 11.9. The number of benzene rings is 2. The van der Waals surface area contributed by atoms with E-state index in [0.29, 0.717) is 11.7 Å². The summed E-state index contributed by atoms with van der Waals surface area (Å²) < 4.78 is 1.88. The smallest absolute Gasteiger partial charge is 0.205 e. The van der Waals surface area contributed by atoms with Gasteiger partial charge in [-0.05, 0) is 61.6 Å². The molecule has 1 aromatic heterocycles. The van der Waals surface area contributed by atoms with Gasteiger partial charge in [0.05, 0.1) is 11.4 Å². The van der Waals surface area contributed by atoms with Crippen LogP contribution in [-0.2, 0) is 0 Å². The number of fused-ring (bicyclic) bond motifs is 1. The van der Waals surface area contributed by atoms with Gasteiger partial charge in [-0.1, -0.05) is 52.3 Å². The van der Waals surface area contributed by atoms with Gasteiger partial charge in [-0.25, -0.2) is 4.99 Å². The molecule has 0 aliphatic carbocycles. The summed E-state index contributed by atoms with van der Waals surface area (Å²) in [6, 6.07) is 10.8. The Balaban J connectivity index is 1.93. The summed E-state index contributed by atoms with van der Waals surface area (Å²) in [6.45, 7) is 17.3. The SMILES string of the molecule is Cc1cc(C)c(-c2nnc3n2N=C(C(C)(C)C)C3=Nc2ccc(N(C)C)cc2C(C)C)c(C)c1. The number of aryl methyl sites for hydroxylation is 3. The molecule has 4 rings (SSSR count). The summed E-state index contributed by atoms with van der Waals surface area (Å²) in [5, 5.41) is 14.2. The molecular weight excluding hydrogens is 420 g/mol. The third-order valence-corrected chi connectivity index (χ3v) is 6.27. The standard InChI is InChI=1S/C28H36N6/c1-16(2)21-15-20(33(9)10)11-12-22(21)29-24-25(28(6,7)8)32-34-26(30-31-27(24)34)23-18(4)13-17(3)14-19(23)5/h11-16H,1-10H3. The number of aromatic nitrogens is 3. The van der Waals surface area contributed by atoms with Crippen molar-refractivity contribution < 1.29 is 0 Å². The summed E-state index contributed by atoms with van der Waals surface area (Å²) in [7, 11) is 4.12. The molecule has 1 aliphatic heterocycles. The quantitative estimate of drug-likeness (QED) is 0.454. The van der Waals surface area contributed by atoms with Crippen LogP contribution in [-0.4, -0.2) is 40.4 Å². The minimum atomic E-state index is -0.199. The molecule has 3 aromatic rings. The molecule has 0 N–H and O–H groups in total. The van der Waals surface area contributed by atoms with E-state index < -0.39 is 0 Å². The van der Waals surface area contributed by atoms with Crippen molar-refractivity contribution in [3.8, 4) is 11.4 Å². The topological polar surface area (TPSA) is 58.7 Å². The highest BCUT2D eigenvalue weighted by atomic mass is 15.5. The predicted molar refractivity (Wildman–Crippen MR) is 143 cm³/mol. The first-order valence-corrected chi connectivity index (χ1v) is 11.9. The van der Waals surface area contributed by atoms with Crippen molar-refractivity contribution in [2.45, 2.75) is 61.3 Å². The van der Waals surface area contributed by atoms with Gasteiger partial charge in [-0.15, -0.1) is 10.2 Å². The third kappa shape index (κ3) is 4.17. The van der Waals surface area contributed by atoms with Gasteiger partial charge in [-0.2, -0.15) is 9.78 Å². The Morgan fingerprint density at radius 2 is 1.53 bits per heavy atom. The van der Waals surface area contributed by atoms with Crippen LogP contribution in [0.3, 0.4) is 0 Å². The maximum atomic E-state index is 5.18. The lowest BCUT2D eigenvalue weighted by Gasteiger charge is -2.20. The van der Waals surface area contributed by atoms with Crippen molar-refractivity contribution in [2.75, 3.05) is 19.0 Å². The van der Waals surface area contributed by atoms with Crippen LogP contribution < -0.4 is 4.90 Å². The van der Waals surface area contributed by atoms with Crippen LogP contribution in [0.5, 0.6) is 0 Å². The molecule has 0 radical (unpaired) electrons. The molecule has 6 heteroatoms. The van der Waals surface area contributed by atoms with Gasteiger partial charge in [0.1, 0.15) is 5.71 Å². The fourth-order valence-corrected chi connectivity index (χ4v) is 4.58. The summed E-state index contributed by atoms with van der Waals surface area (Å²) >= 11 is 0. The molecule has 0 unspecified atom stereocenters. The van der Waals surface area contributed by atoms with Crippen molar-refractivity contribution in [2.24, 2.45) is 15.5 Å². The lowest BCUT2D eigenvalue weighted by Crippen LogP contribution is -2.27. The highest BCUT2D eigenvalue weighted by molar-refractivity contribution is 6.50. The van der Waals surface area contributed by atoms with Crippen molar-refractivity contribution >= 4 is 22.8 Å². The Labute approximate surface area is 203 Å². The summed E-state index contributed by atoms with van der Waals surface area (Å²) in [4.78, 5) is 7.30. The van der Waals surface area contributed by atoms with E-state index in [9.17, 15) is 0 Å². The van der Waals surface area contributed by atoms with Crippen molar-refractivity contribution in [3.63, 3.8) is 0 Å². The minimum absolute atomic E-state index is 0.199. The molecule has 0 saturated heterocycles. The molecule has 0 spiro atoms. The normalized spacial score (nSPS) is 14.7. The fraction of sp³-hybridized carbons (Fsp3) is 0.429. The zero-order chi connectivity index (χ0) is 24.9. The number of nitrogens with zero attached hydrogens (tertiary/aromatic N) is 6.